The minimum absolute atomic E-state index is 0.122. The molecule has 0 spiro atoms. The van der Waals surface area contributed by atoms with E-state index in [0.29, 0.717) is 4.83 Å². The molecule has 0 fully saturated rings. The van der Waals surface area contributed by atoms with Crippen LogP contribution in [0.25, 0.3) is 10.2 Å². The molecule has 0 aliphatic carbocycles. The summed E-state index contributed by atoms with van der Waals surface area (Å²) in [5, 5.41) is 10.6. The van der Waals surface area contributed by atoms with Crippen molar-refractivity contribution in [1.82, 2.24) is 4.98 Å². The first-order chi connectivity index (χ1) is 8.54. The first-order valence-electron chi connectivity index (χ1n) is 5.01. The van der Waals surface area contributed by atoms with Crippen molar-refractivity contribution < 1.29 is 14.5 Å². The van der Waals surface area contributed by atoms with Gasteiger partial charge in [0, 0.05) is 12.3 Å². The quantitative estimate of drug-likeness (QED) is 0.518. The molecule has 2 rings (SSSR count). The summed E-state index contributed by atoms with van der Waals surface area (Å²) < 4.78 is 4.72. The summed E-state index contributed by atoms with van der Waals surface area (Å²) in [4.78, 5) is 36.5. The molecule has 0 amide bonds. The Bertz CT molecular complexity index is 687. The molecule has 0 radical (unpaired) electrons. The molecule has 0 aliphatic rings. The number of fused-ring (bicyclic) bond motifs is 1. The minimum Gasteiger partial charge on any atom is -0.462 e. The van der Waals surface area contributed by atoms with Crippen molar-refractivity contribution in [3.63, 3.8) is 0 Å². The van der Waals surface area contributed by atoms with Crippen LogP contribution in [0, 0.1) is 10.1 Å². The van der Waals surface area contributed by atoms with E-state index in [2.05, 4.69) is 4.98 Å². The second-order valence-electron chi connectivity index (χ2n) is 3.34. The van der Waals surface area contributed by atoms with Crippen LogP contribution in [-0.2, 0) is 4.74 Å². The van der Waals surface area contributed by atoms with E-state index in [1.165, 1.54) is 6.20 Å². The highest BCUT2D eigenvalue weighted by Gasteiger charge is 2.19. The van der Waals surface area contributed by atoms with Gasteiger partial charge in [0.05, 0.1) is 16.9 Å². The number of hydrogen-bond acceptors (Lipinski definition) is 6. The standard InChI is InChI=1S/C10H8N2O5S/c1-2-17-10(14)6-4-11-9-5(8(6)13)3-7(18-9)12(15)16/h3-4H,2H2,1H3,(H,11,13). The first-order valence-corrected chi connectivity index (χ1v) is 5.83. The monoisotopic (exact) mass is 268 g/mol. The second-order valence-corrected chi connectivity index (χ2v) is 4.37. The molecule has 8 heteroatoms. The zero-order valence-corrected chi connectivity index (χ0v) is 10.1. The van der Waals surface area contributed by atoms with Crippen LogP contribution in [0.4, 0.5) is 5.00 Å². The lowest BCUT2D eigenvalue weighted by Gasteiger charge is -2.00. The summed E-state index contributed by atoms with van der Waals surface area (Å²) in [5.41, 5.74) is -0.719. The highest BCUT2D eigenvalue weighted by atomic mass is 32.1. The normalized spacial score (nSPS) is 10.5. The van der Waals surface area contributed by atoms with Crippen molar-refractivity contribution in [2.24, 2.45) is 0 Å². The molecule has 0 atom stereocenters. The summed E-state index contributed by atoms with van der Waals surface area (Å²) in [6, 6.07) is 1.15. The number of carbonyl (C=O) groups excluding carboxylic acids is 1. The fourth-order valence-corrected chi connectivity index (χ4v) is 2.29. The topological polar surface area (TPSA) is 102 Å². The van der Waals surface area contributed by atoms with E-state index >= 15 is 0 Å². The van der Waals surface area contributed by atoms with Gasteiger partial charge in [-0.25, -0.2) is 4.79 Å². The molecular formula is C10H8N2O5S. The van der Waals surface area contributed by atoms with Gasteiger partial charge in [0.1, 0.15) is 10.4 Å². The molecule has 0 aliphatic heterocycles. The zero-order valence-electron chi connectivity index (χ0n) is 9.26. The summed E-state index contributed by atoms with van der Waals surface area (Å²) >= 11 is 0.847. The Hall–Kier alpha value is -2.22. The predicted molar refractivity (Wildman–Crippen MR) is 65.1 cm³/mol. The number of nitro groups is 1. The smallest absolute Gasteiger partial charge is 0.343 e. The molecule has 94 valence electrons. The van der Waals surface area contributed by atoms with Gasteiger partial charge in [-0.1, -0.05) is 0 Å². The molecule has 2 aromatic rings. The van der Waals surface area contributed by atoms with E-state index in [0.717, 1.165) is 17.4 Å². The van der Waals surface area contributed by atoms with Gasteiger partial charge in [0.15, 0.2) is 0 Å². The van der Waals surface area contributed by atoms with Gasteiger partial charge in [0.25, 0.3) is 0 Å². The zero-order chi connectivity index (χ0) is 13.3. The largest absolute Gasteiger partial charge is 0.462 e. The van der Waals surface area contributed by atoms with Crippen LogP contribution in [-0.4, -0.2) is 22.5 Å². The van der Waals surface area contributed by atoms with E-state index in [1.54, 1.807) is 6.92 Å². The highest BCUT2D eigenvalue weighted by molar-refractivity contribution is 7.21. The second kappa shape index (κ2) is 4.57. The maximum absolute atomic E-state index is 11.9. The lowest BCUT2D eigenvalue weighted by atomic mass is 10.2. The average Bonchev–Trinajstić information content (AvgIpc) is 2.74. The third kappa shape index (κ3) is 1.97. The number of ether oxygens (including phenoxy) is 1. The Labute approximate surface area is 104 Å². The molecular weight excluding hydrogens is 260 g/mol. The Morgan fingerprint density at radius 3 is 2.94 bits per heavy atom. The van der Waals surface area contributed by atoms with Crippen LogP contribution >= 0.6 is 11.3 Å². The minimum atomic E-state index is -0.741. The number of nitrogens with zero attached hydrogens (tertiary/aromatic N) is 1. The Balaban J connectivity index is 2.60. The van der Waals surface area contributed by atoms with E-state index in [1.807, 2.05) is 0 Å². The number of esters is 1. The van der Waals surface area contributed by atoms with Gasteiger partial charge in [-0.3, -0.25) is 14.9 Å². The van der Waals surface area contributed by atoms with Crippen LogP contribution < -0.4 is 5.43 Å². The third-order valence-corrected chi connectivity index (χ3v) is 3.25. The molecule has 1 N–H and O–H groups in total. The molecule has 0 aromatic carbocycles. The van der Waals surface area contributed by atoms with Crippen LogP contribution in [0.1, 0.15) is 17.3 Å². The van der Waals surface area contributed by atoms with Crippen molar-refractivity contribution in [2.45, 2.75) is 6.92 Å². The average molecular weight is 268 g/mol. The number of pyridine rings is 1. The van der Waals surface area contributed by atoms with Crippen molar-refractivity contribution in [1.29, 1.82) is 0 Å². The van der Waals surface area contributed by atoms with E-state index < -0.39 is 16.3 Å². The summed E-state index contributed by atoms with van der Waals surface area (Å²) in [7, 11) is 0. The van der Waals surface area contributed by atoms with Gasteiger partial charge in [0.2, 0.25) is 5.43 Å². The van der Waals surface area contributed by atoms with Gasteiger partial charge in [-0.15, -0.1) is 0 Å². The number of thiophene rings is 1. The molecule has 2 aromatic heterocycles. The van der Waals surface area contributed by atoms with Crippen LogP contribution in [0.3, 0.4) is 0 Å². The van der Waals surface area contributed by atoms with Gasteiger partial charge in [-0.2, -0.15) is 0 Å². The Kier molecular flexibility index (Phi) is 3.11. The fourth-order valence-electron chi connectivity index (χ4n) is 1.45. The van der Waals surface area contributed by atoms with Gasteiger partial charge >= 0.3 is 11.0 Å². The number of carbonyl (C=O) groups is 1. The van der Waals surface area contributed by atoms with E-state index in [-0.39, 0.29) is 22.6 Å². The van der Waals surface area contributed by atoms with Crippen LogP contribution in [0.2, 0.25) is 0 Å². The lowest BCUT2D eigenvalue weighted by Crippen LogP contribution is -2.17. The third-order valence-electron chi connectivity index (χ3n) is 2.23. The molecule has 18 heavy (non-hydrogen) atoms. The number of H-pyrrole nitrogens is 1. The summed E-state index contributed by atoms with van der Waals surface area (Å²) in [6.45, 7) is 1.78. The number of rotatable bonds is 3. The van der Waals surface area contributed by atoms with E-state index in [9.17, 15) is 19.7 Å². The molecule has 0 saturated heterocycles. The van der Waals surface area contributed by atoms with Crippen molar-refractivity contribution >= 4 is 32.5 Å². The van der Waals surface area contributed by atoms with Crippen molar-refractivity contribution in [3.8, 4) is 0 Å². The van der Waals surface area contributed by atoms with Crippen molar-refractivity contribution in [2.75, 3.05) is 6.61 Å². The van der Waals surface area contributed by atoms with Crippen molar-refractivity contribution in [3.05, 3.63) is 38.2 Å². The van der Waals surface area contributed by atoms with Gasteiger partial charge < -0.3 is 9.72 Å². The number of nitrogens with one attached hydrogen (secondary N) is 1. The molecule has 2 heterocycles. The summed E-state index contributed by atoms with van der Waals surface area (Å²) in [5.74, 6) is -0.741. The van der Waals surface area contributed by atoms with E-state index in [4.69, 9.17) is 4.74 Å². The molecule has 0 saturated carbocycles. The maximum atomic E-state index is 11.9. The van der Waals surface area contributed by atoms with Crippen LogP contribution in [0.15, 0.2) is 17.1 Å². The molecule has 7 nitrogen and oxygen atoms in total. The maximum Gasteiger partial charge on any atom is 0.343 e. The predicted octanol–water partition coefficient (Wildman–Crippen LogP) is 1.67. The van der Waals surface area contributed by atoms with Gasteiger partial charge in [-0.05, 0) is 18.3 Å². The molecule has 0 unspecified atom stereocenters. The molecule has 0 bridgehead atoms. The Morgan fingerprint density at radius 2 is 2.33 bits per heavy atom. The SMILES string of the molecule is CCOC(=O)c1c[nH]c2sc([N+](=O)[O-])cc2c1=O. The summed E-state index contributed by atoms with van der Waals surface area (Å²) in [6.07, 6.45) is 1.21. The number of aromatic nitrogens is 1. The van der Waals surface area contributed by atoms with Crippen LogP contribution in [0.5, 0.6) is 0 Å². The Morgan fingerprint density at radius 1 is 1.61 bits per heavy atom. The number of hydrogen-bond donors (Lipinski definition) is 1. The highest BCUT2D eigenvalue weighted by Crippen LogP contribution is 2.27. The lowest BCUT2D eigenvalue weighted by molar-refractivity contribution is -0.380. The fraction of sp³-hybridized carbons (Fsp3) is 0.200. The first kappa shape index (κ1) is 12.2. The number of aromatic amines is 1.